The molecule has 4 rings (SSSR count). The number of likely N-dealkylation sites (N-methyl/N-ethyl adjacent to an activating group) is 1. The number of carbonyl (C=O) groups is 1. The standard InChI is InChI=1S/C26H37N7O4/c1-26(2,3)17-8-6-16(7-9-17)12-19(34)28-10-5-11-32(4)13-18-21(35)22(36)25(37-18)33-15-31-20-23(27)29-14-30-24(20)33/h6-9,14-15,18,21-22,25,35-36H,5,10-13H2,1-4H3,(H,28,34)(H2,27,29,30)/t18-,21-,22-,25-/m1/s1. The molecule has 0 unspecified atom stereocenters. The minimum Gasteiger partial charge on any atom is -0.387 e. The number of hydrogen-bond donors (Lipinski definition) is 4. The van der Waals surface area contributed by atoms with Gasteiger partial charge in [-0.25, -0.2) is 15.0 Å². The second-order valence-electron chi connectivity index (χ2n) is 10.7. The lowest BCUT2D eigenvalue weighted by atomic mass is 9.86. The largest absolute Gasteiger partial charge is 0.387 e. The summed E-state index contributed by atoms with van der Waals surface area (Å²) < 4.78 is 7.56. The SMILES string of the molecule is CN(CCCNC(=O)Cc1ccc(C(C)(C)C)cc1)C[C@H]1O[C@@H](n2cnc3c(N)ncnc32)[C@H](O)[C@@H]1O. The molecule has 11 nitrogen and oxygen atoms in total. The Morgan fingerprint density at radius 2 is 1.89 bits per heavy atom. The number of carbonyl (C=O) groups excluding carboxylic acids is 1. The van der Waals surface area contributed by atoms with Crippen molar-refractivity contribution in [2.75, 3.05) is 32.4 Å². The fourth-order valence-corrected chi connectivity index (χ4v) is 4.51. The Bertz CT molecular complexity index is 1210. The molecule has 1 aliphatic heterocycles. The third-order valence-electron chi connectivity index (χ3n) is 6.71. The molecule has 3 aromatic rings. The summed E-state index contributed by atoms with van der Waals surface area (Å²) in [5.74, 6) is 0.224. The predicted molar refractivity (Wildman–Crippen MR) is 140 cm³/mol. The summed E-state index contributed by atoms with van der Waals surface area (Å²) in [6, 6.07) is 8.18. The predicted octanol–water partition coefficient (Wildman–Crippen LogP) is 1.01. The molecule has 1 fully saturated rings. The van der Waals surface area contributed by atoms with Crippen LogP contribution in [0.5, 0.6) is 0 Å². The molecule has 1 saturated heterocycles. The first-order valence-electron chi connectivity index (χ1n) is 12.5. The molecule has 0 aliphatic carbocycles. The molecule has 0 bridgehead atoms. The number of anilines is 1. The van der Waals surface area contributed by atoms with Crippen LogP contribution in [0.1, 0.15) is 44.5 Å². The number of aromatic nitrogens is 4. The number of rotatable bonds is 9. The zero-order valence-electron chi connectivity index (χ0n) is 21.8. The molecule has 0 radical (unpaired) electrons. The number of hydrogen-bond acceptors (Lipinski definition) is 9. The smallest absolute Gasteiger partial charge is 0.224 e. The molecular weight excluding hydrogens is 474 g/mol. The maximum atomic E-state index is 12.3. The molecule has 200 valence electrons. The van der Waals surface area contributed by atoms with Gasteiger partial charge in [-0.3, -0.25) is 9.36 Å². The van der Waals surface area contributed by atoms with Crippen LogP contribution in [0, 0.1) is 0 Å². The van der Waals surface area contributed by atoms with Crippen molar-refractivity contribution in [3.8, 4) is 0 Å². The minimum absolute atomic E-state index is 0.0105. The van der Waals surface area contributed by atoms with Gasteiger partial charge in [0.2, 0.25) is 5.91 Å². The molecule has 0 spiro atoms. The number of ether oxygens (including phenoxy) is 1. The average Bonchev–Trinajstić information content (AvgIpc) is 3.39. The van der Waals surface area contributed by atoms with Gasteiger partial charge in [0, 0.05) is 13.1 Å². The van der Waals surface area contributed by atoms with E-state index in [0.29, 0.717) is 37.2 Å². The third-order valence-corrected chi connectivity index (χ3v) is 6.71. The van der Waals surface area contributed by atoms with Crippen molar-refractivity contribution in [3.63, 3.8) is 0 Å². The summed E-state index contributed by atoms with van der Waals surface area (Å²) in [5.41, 5.74) is 9.01. The summed E-state index contributed by atoms with van der Waals surface area (Å²) in [7, 11) is 1.91. The Kier molecular flexibility index (Phi) is 8.08. The van der Waals surface area contributed by atoms with Gasteiger partial charge in [0.25, 0.3) is 0 Å². The van der Waals surface area contributed by atoms with Crippen LogP contribution in [0.3, 0.4) is 0 Å². The molecule has 5 N–H and O–H groups in total. The van der Waals surface area contributed by atoms with Crippen LogP contribution < -0.4 is 11.1 Å². The van der Waals surface area contributed by atoms with Crippen LogP contribution in [-0.4, -0.2) is 85.5 Å². The van der Waals surface area contributed by atoms with Gasteiger partial charge in [-0.2, -0.15) is 0 Å². The van der Waals surface area contributed by atoms with Gasteiger partial charge in [0.05, 0.1) is 12.7 Å². The van der Waals surface area contributed by atoms with Crippen LogP contribution in [0.15, 0.2) is 36.9 Å². The number of fused-ring (bicyclic) bond motifs is 1. The van der Waals surface area contributed by atoms with E-state index in [1.54, 1.807) is 4.57 Å². The van der Waals surface area contributed by atoms with Crippen molar-refractivity contribution in [1.29, 1.82) is 0 Å². The lowest BCUT2D eigenvalue weighted by Gasteiger charge is -2.22. The molecule has 37 heavy (non-hydrogen) atoms. The van der Waals surface area contributed by atoms with Crippen LogP contribution in [0.2, 0.25) is 0 Å². The summed E-state index contributed by atoms with van der Waals surface area (Å²) in [6.45, 7) is 8.14. The zero-order chi connectivity index (χ0) is 26.7. The Morgan fingerprint density at radius 1 is 1.16 bits per heavy atom. The van der Waals surface area contributed by atoms with Crippen LogP contribution in [0.25, 0.3) is 11.2 Å². The highest BCUT2D eigenvalue weighted by Crippen LogP contribution is 2.32. The Morgan fingerprint density at radius 3 is 2.59 bits per heavy atom. The highest BCUT2D eigenvalue weighted by Gasteiger charge is 2.44. The van der Waals surface area contributed by atoms with Crippen molar-refractivity contribution in [1.82, 2.24) is 29.7 Å². The van der Waals surface area contributed by atoms with E-state index in [1.165, 1.54) is 18.2 Å². The molecule has 1 amide bonds. The quantitative estimate of drug-likeness (QED) is 0.308. The van der Waals surface area contributed by atoms with Crippen LogP contribution in [0.4, 0.5) is 5.82 Å². The lowest BCUT2D eigenvalue weighted by Crippen LogP contribution is -2.39. The van der Waals surface area contributed by atoms with Crippen molar-refractivity contribution < 1.29 is 19.7 Å². The molecule has 4 atom stereocenters. The van der Waals surface area contributed by atoms with Gasteiger partial charge in [0.15, 0.2) is 17.7 Å². The van der Waals surface area contributed by atoms with E-state index in [9.17, 15) is 15.0 Å². The van der Waals surface area contributed by atoms with Crippen molar-refractivity contribution in [3.05, 3.63) is 48.0 Å². The number of aliphatic hydroxyl groups excluding tert-OH is 2. The van der Waals surface area contributed by atoms with E-state index in [0.717, 1.165) is 12.0 Å². The molecular formula is C26H37N7O4. The van der Waals surface area contributed by atoms with Crippen molar-refractivity contribution >= 4 is 22.9 Å². The Balaban J connectivity index is 1.21. The Hall–Kier alpha value is -3.12. The van der Waals surface area contributed by atoms with E-state index in [4.69, 9.17) is 10.5 Å². The fraction of sp³-hybridized carbons (Fsp3) is 0.538. The van der Waals surface area contributed by atoms with Gasteiger partial charge in [0.1, 0.15) is 30.2 Å². The minimum atomic E-state index is -1.15. The number of nitrogens with zero attached hydrogens (tertiary/aromatic N) is 5. The van der Waals surface area contributed by atoms with E-state index in [1.807, 2.05) is 24.1 Å². The summed E-state index contributed by atoms with van der Waals surface area (Å²) >= 11 is 0. The summed E-state index contributed by atoms with van der Waals surface area (Å²) in [4.78, 5) is 26.7. The first-order chi connectivity index (χ1) is 17.5. The molecule has 1 aliphatic rings. The lowest BCUT2D eigenvalue weighted by molar-refractivity contribution is -0.120. The summed E-state index contributed by atoms with van der Waals surface area (Å²) in [6.07, 6.45) is 0.211. The Labute approximate surface area is 216 Å². The van der Waals surface area contributed by atoms with Gasteiger partial charge in [-0.1, -0.05) is 45.0 Å². The highest BCUT2D eigenvalue weighted by molar-refractivity contribution is 5.81. The molecule has 2 aromatic heterocycles. The highest BCUT2D eigenvalue weighted by atomic mass is 16.6. The van der Waals surface area contributed by atoms with Crippen LogP contribution in [-0.2, 0) is 21.4 Å². The second kappa shape index (κ2) is 11.1. The summed E-state index contributed by atoms with van der Waals surface area (Å²) in [5, 5.41) is 24.2. The van der Waals surface area contributed by atoms with E-state index in [2.05, 4.69) is 53.2 Å². The van der Waals surface area contributed by atoms with Gasteiger partial charge in [-0.05, 0) is 36.6 Å². The van der Waals surface area contributed by atoms with Crippen LogP contribution >= 0.6 is 0 Å². The number of nitrogens with two attached hydrogens (primary N) is 1. The molecule has 3 heterocycles. The average molecular weight is 512 g/mol. The van der Waals surface area contributed by atoms with E-state index in [-0.39, 0.29) is 17.1 Å². The zero-order valence-corrected chi connectivity index (χ0v) is 21.8. The normalized spacial score (nSPS) is 22.1. The molecule has 1 aromatic carbocycles. The number of aliphatic hydroxyl groups is 2. The topological polar surface area (TPSA) is 152 Å². The number of amides is 1. The first kappa shape index (κ1) is 26.9. The van der Waals surface area contributed by atoms with E-state index >= 15 is 0 Å². The van der Waals surface area contributed by atoms with Gasteiger partial charge < -0.3 is 30.9 Å². The molecule has 0 saturated carbocycles. The van der Waals surface area contributed by atoms with Crippen molar-refractivity contribution in [2.24, 2.45) is 0 Å². The number of nitrogens with one attached hydrogen (secondary N) is 1. The maximum Gasteiger partial charge on any atom is 0.224 e. The van der Waals surface area contributed by atoms with Gasteiger partial charge in [-0.15, -0.1) is 0 Å². The maximum absolute atomic E-state index is 12.3. The number of nitrogen functional groups attached to an aromatic ring is 1. The first-order valence-corrected chi connectivity index (χ1v) is 12.5. The number of benzene rings is 1. The third kappa shape index (κ3) is 6.24. The monoisotopic (exact) mass is 511 g/mol. The molecule has 11 heteroatoms. The second-order valence-corrected chi connectivity index (χ2v) is 10.7. The van der Waals surface area contributed by atoms with Gasteiger partial charge >= 0.3 is 0 Å². The number of imidazole rings is 1. The van der Waals surface area contributed by atoms with E-state index < -0.39 is 24.5 Å². The fourth-order valence-electron chi connectivity index (χ4n) is 4.51. The van der Waals surface area contributed by atoms with Crippen molar-refractivity contribution in [2.45, 2.75) is 63.6 Å².